The lowest BCUT2D eigenvalue weighted by atomic mass is 10.2. The predicted molar refractivity (Wildman–Crippen MR) is 201 cm³/mol. The number of hydrogen-bond acceptors (Lipinski definition) is 16. The Kier molecular flexibility index (Phi) is 38.3. The summed E-state index contributed by atoms with van der Waals surface area (Å²) in [4.78, 5) is 65.8. The summed E-state index contributed by atoms with van der Waals surface area (Å²) in [5.74, 6) is -2.52. The van der Waals surface area contributed by atoms with Crippen LogP contribution in [0.15, 0.2) is 0 Å². The SMILES string of the molecule is CNC(=O)OCC(COC(=O)NC)OCC(C)C(N)=O.COCC(COCC(=O)NCCCOCC(C)C(N)=O)OC.COCC(COCC(C)C(N)=O)OC. The third kappa shape index (κ3) is 35.8. The van der Waals surface area contributed by atoms with E-state index in [1.54, 1.807) is 49.2 Å². The minimum absolute atomic E-state index is 0.0247. The fourth-order valence-corrected chi connectivity index (χ4v) is 3.27. The Balaban J connectivity index is -0.000000771. The van der Waals surface area contributed by atoms with Crippen LogP contribution < -0.4 is 33.2 Å². The summed E-state index contributed by atoms with van der Waals surface area (Å²) in [5.41, 5.74) is 15.3. The maximum atomic E-state index is 11.5. The summed E-state index contributed by atoms with van der Waals surface area (Å²) in [5, 5.41) is 7.25. The topological polar surface area (TPSA) is 309 Å². The zero-order valence-electron chi connectivity index (χ0n) is 34.4. The van der Waals surface area contributed by atoms with Gasteiger partial charge in [0.05, 0.1) is 64.0 Å². The lowest BCUT2D eigenvalue weighted by Crippen LogP contribution is -2.35. The van der Waals surface area contributed by atoms with Crippen molar-refractivity contribution in [2.75, 3.05) is 122 Å². The number of hydrogen-bond donors (Lipinski definition) is 6. The van der Waals surface area contributed by atoms with Gasteiger partial charge in [-0.15, -0.1) is 0 Å². The van der Waals surface area contributed by atoms with E-state index >= 15 is 0 Å². The first-order valence-corrected chi connectivity index (χ1v) is 17.7. The Hall–Kier alpha value is -3.90. The number of methoxy groups -OCH3 is 4. The normalized spacial score (nSPS) is 13.2. The fraction of sp³-hybridized carbons (Fsp3) is 0.824. The summed E-state index contributed by atoms with van der Waals surface area (Å²) in [7, 11) is 9.14. The number of nitrogens with one attached hydrogen (secondary N) is 3. The zero-order chi connectivity index (χ0) is 43.3. The van der Waals surface area contributed by atoms with Crippen LogP contribution in [0.25, 0.3) is 0 Å². The highest BCUT2D eigenvalue weighted by Gasteiger charge is 2.18. The van der Waals surface area contributed by atoms with E-state index in [1.165, 1.54) is 14.1 Å². The van der Waals surface area contributed by atoms with Crippen molar-refractivity contribution in [1.82, 2.24) is 16.0 Å². The van der Waals surface area contributed by atoms with Gasteiger partial charge in [0, 0.05) is 55.7 Å². The van der Waals surface area contributed by atoms with Crippen molar-refractivity contribution in [2.45, 2.75) is 45.5 Å². The molecule has 0 saturated carbocycles. The molecule has 5 unspecified atom stereocenters. The lowest BCUT2D eigenvalue weighted by Gasteiger charge is -2.19. The molecule has 0 aromatic carbocycles. The largest absolute Gasteiger partial charge is 0.447 e. The number of primary amides is 3. The number of ether oxygens (including phenoxy) is 10. The van der Waals surface area contributed by atoms with Crippen molar-refractivity contribution in [1.29, 1.82) is 0 Å². The van der Waals surface area contributed by atoms with Crippen molar-refractivity contribution >= 4 is 35.8 Å². The summed E-state index contributed by atoms with van der Waals surface area (Å²) in [6.07, 6.45) is -1.59. The quantitative estimate of drug-likeness (QED) is 0.0440. The summed E-state index contributed by atoms with van der Waals surface area (Å²) in [6, 6.07) is 0. The Labute approximate surface area is 330 Å². The Morgan fingerprint density at radius 3 is 1.38 bits per heavy atom. The molecule has 0 aliphatic rings. The van der Waals surface area contributed by atoms with Gasteiger partial charge in [0.15, 0.2) is 0 Å². The highest BCUT2D eigenvalue weighted by Crippen LogP contribution is 2.02. The zero-order valence-corrected chi connectivity index (χ0v) is 34.4. The minimum Gasteiger partial charge on any atom is -0.447 e. The first-order valence-electron chi connectivity index (χ1n) is 17.7. The van der Waals surface area contributed by atoms with Crippen molar-refractivity contribution in [3.63, 3.8) is 0 Å². The molecule has 0 aliphatic carbocycles. The van der Waals surface area contributed by atoms with Gasteiger partial charge in [-0.05, 0) is 6.42 Å². The number of carbonyl (C=O) groups excluding carboxylic acids is 6. The van der Waals surface area contributed by atoms with E-state index in [4.69, 9.17) is 64.6 Å². The van der Waals surface area contributed by atoms with Crippen LogP contribution in [-0.2, 0) is 66.5 Å². The number of rotatable bonds is 30. The van der Waals surface area contributed by atoms with Crippen LogP contribution in [0, 0.1) is 17.8 Å². The van der Waals surface area contributed by atoms with Gasteiger partial charge >= 0.3 is 12.2 Å². The van der Waals surface area contributed by atoms with Gasteiger partial charge < -0.3 is 80.5 Å². The van der Waals surface area contributed by atoms with E-state index < -0.39 is 30.1 Å². The second kappa shape index (κ2) is 38.0. The van der Waals surface area contributed by atoms with Gasteiger partial charge in [0.2, 0.25) is 23.6 Å². The highest BCUT2D eigenvalue weighted by atomic mass is 16.6. The van der Waals surface area contributed by atoms with Crippen LogP contribution in [0.2, 0.25) is 0 Å². The summed E-state index contributed by atoms with van der Waals surface area (Å²) >= 11 is 0. The Bertz CT molecular complexity index is 1040. The van der Waals surface area contributed by atoms with Crippen molar-refractivity contribution in [2.24, 2.45) is 35.0 Å². The number of carbonyl (C=O) groups is 6. The number of nitrogens with two attached hydrogens (primary N) is 3. The lowest BCUT2D eigenvalue weighted by molar-refractivity contribution is -0.127. The second-order valence-electron chi connectivity index (χ2n) is 12.0. The van der Waals surface area contributed by atoms with E-state index in [9.17, 15) is 28.8 Å². The van der Waals surface area contributed by atoms with Gasteiger partial charge in [-0.3, -0.25) is 19.2 Å². The first kappa shape index (κ1) is 56.4. The van der Waals surface area contributed by atoms with Gasteiger partial charge in [0.25, 0.3) is 0 Å². The predicted octanol–water partition coefficient (Wildman–Crippen LogP) is -1.70. The summed E-state index contributed by atoms with van der Waals surface area (Å²) in [6.45, 7) is 7.94. The molecule has 56 heavy (non-hydrogen) atoms. The van der Waals surface area contributed by atoms with E-state index in [1.807, 2.05) is 0 Å². The molecule has 0 radical (unpaired) electrons. The van der Waals surface area contributed by atoms with Crippen LogP contribution >= 0.6 is 0 Å². The molecule has 5 atom stereocenters. The maximum Gasteiger partial charge on any atom is 0.406 e. The molecule has 22 heteroatoms. The van der Waals surface area contributed by atoms with Crippen LogP contribution in [-0.4, -0.2) is 176 Å². The molecule has 0 heterocycles. The maximum absolute atomic E-state index is 11.5. The summed E-state index contributed by atoms with van der Waals surface area (Å²) < 4.78 is 50.7. The molecule has 0 saturated heterocycles. The van der Waals surface area contributed by atoms with Crippen LogP contribution in [0.5, 0.6) is 0 Å². The van der Waals surface area contributed by atoms with Crippen molar-refractivity contribution in [3.05, 3.63) is 0 Å². The third-order valence-corrected chi connectivity index (χ3v) is 6.98. The van der Waals surface area contributed by atoms with Gasteiger partial charge in [-0.25, -0.2) is 9.59 Å². The molecule has 9 N–H and O–H groups in total. The van der Waals surface area contributed by atoms with Crippen LogP contribution in [0.4, 0.5) is 9.59 Å². The molecule has 0 aromatic heterocycles. The molecular formula is C34H68N6O16. The molecule has 0 rings (SSSR count). The molecule has 6 amide bonds. The van der Waals surface area contributed by atoms with Gasteiger partial charge in [-0.1, -0.05) is 20.8 Å². The van der Waals surface area contributed by atoms with E-state index in [-0.39, 0.29) is 68.2 Å². The fourth-order valence-electron chi connectivity index (χ4n) is 3.27. The molecule has 0 spiro atoms. The average Bonchev–Trinajstić information content (AvgIpc) is 3.17. The van der Waals surface area contributed by atoms with E-state index in [2.05, 4.69) is 16.0 Å². The highest BCUT2D eigenvalue weighted by molar-refractivity contribution is 5.77. The molecule has 0 aromatic rings. The molecule has 22 nitrogen and oxygen atoms in total. The van der Waals surface area contributed by atoms with Gasteiger partial charge in [0.1, 0.15) is 38.1 Å². The monoisotopic (exact) mass is 816 g/mol. The Morgan fingerprint density at radius 2 is 0.964 bits per heavy atom. The smallest absolute Gasteiger partial charge is 0.406 e. The van der Waals surface area contributed by atoms with Crippen LogP contribution in [0.3, 0.4) is 0 Å². The van der Waals surface area contributed by atoms with Crippen LogP contribution in [0.1, 0.15) is 27.2 Å². The van der Waals surface area contributed by atoms with E-state index in [0.29, 0.717) is 59.2 Å². The Morgan fingerprint density at radius 1 is 0.536 bits per heavy atom. The third-order valence-electron chi connectivity index (χ3n) is 6.98. The number of amides is 6. The minimum atomic E-state index is -0.689. The molecule has 0 bridgehead atoms. The first-order chi connectivity index (χ1) is 26.5. The van der Waals surface area contributed by atoms with Gasteiger partial charge in [-0.2, -0.15) is 0 Å². The number of alkyl carbamates (subject to hydrolysis) is 2. The molecule has 0 aliphatic heterocycles. The van der Waals surface area contributed by atoms with Crippen molar-refractivity contribution in [3.8, 4) is 0 Å². The van der Waals surface area contributed by atoms with Crippen molar-refractivity contribution < 1.29 is 76.1 Å². The second-order valence-corrected chi connectivity index (χ2v) is 12.0. The molecule has 330 valence electrons. The molecular weight excluding hydrogens is 748 g/mol. The van der Waals surface area contributed by atoms with E-state index in [0.717, 1.165) is 0 Å². The standard InChI is InChI=1S/C14H28N2O6.C11H21N3O6.C9H19NO4/c1-11(14(15)18)7-21-6-4-5-16-13(17)10-22-9-12(20-3)8-19-2;1-7(9(12)15)4-18-8(5-19-10(16)13-2)6-20-11(17)14-3;1-7(9(10)11)4-14-6-8(13-3)5-12-2/h11-12H,4-10H2,1-3H3,(H2,15,18)(H,16,17);7-8H,4-6H2,1-3H3,(H2,12,15)(H,13,16)(H,14,17);7-8H,4-6H2,1-3H3,(H2,10,11). The molecule has 0 fully saturated rings. The average molecular weight is 817 g/mol.